The lowest BCUT2D eigenvalue weighted by Gasteiger charge is -2.18. The Morgan fingerprint density at radius 3 is 2.47 bits per heavy atom. The van der Waals surface area contributed by atoms with E-state index in [2.05, 4.69) is 11.9 Å². The zero-order valence-corrected chi connectivity index (χ0v) is 19.7. The predicted octanol–water partition coefficient (Wildman–Crippen LogP) is 5.92. The first kappa shape index (κ1) is 23.3. The molecular formula is C26H24N2O5S. The fourth-order valence-corrected chi connectivity index (χ4v) is 4.09. The van der Waals surface area contributed by atoms with E-state index in [1.54, 1.807) is 22.4 Å². The molecule has 0 saturated heterocycles. The third-order valence-corrected chi connectivity index (χ3v) is 5.86. The molecule has 2 aromatic carbocycles. The third-order valence-electron chi connectivity index (χ3n) is 4.99. The molecule has 7 nitrogen and oxygen atoms in total. The van der Waals surface area contributed by atoms with Gasteiger partial charge in [0.05, 0.1) is 11.4 Å². The van der Waals surface area contributed by atoms with Crippen molar-refractivity contribution in [1.82, 2.24) is 4.98 Å². The minimum absolute atomic E-state index is 0.0353. The van der Waals surface area contributed by atoms with Crippen molar-refractivity contribution in [2.45, 2.75) is 33.5 Å². The maximum absolute atomic E-state index is 12.4. The number of furan rings is 1. The van der Waals surface area contributed by atoms with E-state index < -0.39 is 5.97 Å². The summed E-state index contributed by atoms with van der Waals surface area (Å²) in [7, 11) is 0. The number of rotatable bonds is 9. The number of para-hydroxylation sites is 1. The van der Waals surface area contributed by atoms with Crippen LogP contribution >= 0.6 is 11.3 Å². The SMILES string of the molecule is CCc1ccc(N(C(C)=O)c2nc(COC(=O)c3ccc(COc4ccccc4)o3)cs2)cc1. The first-order valence-corrected chi connectivity index (χ1v) is 11.7. The molecule has 0 unspecified atom stereocenters. The predicted molar refractivity (Wildman–Crippen MR) is 129 cm³/mol. The van der Waals surface area contributed by atoms with Gasteiger partial charge in [0.1, 0.15) is 24.7 Å². The molecule has 174 valence electrons. The standard InChI is InChI=1S/C26H24N2O5S/c1-3-19-9-11-21(12-10-19)28(18(2)29)26-27-20(17-34-26)15-32-25(30)24-14-13-23(33-24)16-31-22-7-5-4-6-8-22/h4-14,17H,3,15-16H2,1-2H3. The van der Waals surface area contributed by atoms with Crippen LogP contribution in [-0.2, 0) is 29.2 Å². The number of thiazole rings is 1. The maximum Gasteiger partial charge on any atom is 0.374 e. The van der Waals surface area contributed by atoms with E-state index in [1.807, 2.05) is 54.6 Å². The van der Waals surface area contributed by atoms with E-state index in [1.165, 1.54) is 23.8 Å². The second-order valence-corrected chi connectivity index (χ2v) is 8.28. The molecular weight excluding hydrogens is 452 g/mol. The topological polar surface area (TPSA) is 81.9 Å². The maximum atomic E-state index is 12.4. The largest absolute Gasteiger partial charge is 0.486 e. The van der Waals surface area contributed by atoms with Crippen LogP contribution in [0, 0.1) is 0 Å². The quantitative estimate of drug-likeness (QED) is 0.279. The highest BCUT2D eigenvalue weighted by atomic mass is 32.1. The average molecular weight is 477 g/mol. The van der Waals surface area contributed by atoms with Gasteiger partial charge in [0, 0.05) is 12.3 Å². The van der Waals surface area contributed by atoms with Gasteiger partial charge < -0.3 is 13.9 Å². The van der Waals surface area contributed by atoms with E-state index in [0.29, 0.717) is 22.3 Å². The first-order valence-electron chi connectivity index (χ1n) is 10.8. The summed E-state index contributed by atoms with van der Waals surface area (Å²) in [6, 6.07) is 20.3. The van der Waals surface area contributed by atoms with Crippen molar-refractivity contribution < 1.29 is 23.5 Å². The van der Waals surface area contributed by atoms with Gasteiger partial charge in [0.15, 0.2) is 5.13 Å². The van der Waals surface area contributed by atoms with Gasteiger partial charge in [-0.1, -0.05) is 37.3 Å². The number of carbonyl (C=O) groups is 2. The van der Waals surface area contributed by atoms with Gasteiger partial charge >= 0.3 is 5.97 Å². The number of carbonyl (C=O) groups excluding carboxylic acids is 2. The lowest BCUT2D eigenvalue weighted by Crippen LogP contribution is -2.22. The molecule has 0 atom stereocenters. The highest BCUT2D eigenvalue weighted by molar-refractivity contribution is 7.14. The summed E-state index contributed by atoms with van der Waals surface area (Å²) >= 11 is 1.31. The van der Waals surface area contributed by atoms with Crippen LogP contribution in [-0.4, -0.2) is 16.9 Å². The van der Waals surface area contributed by atoms with Gasteiger partial charge in [-0.2, -0.15) is 0 Å². The van der Waals surface area contributed by atoms with Crippen LogP contribution in [0.25, 0.3) is 0 Å². The van der Waals surface area contributed by atoms with Crippen molar-refractivity contribution in [1.29, 1.82) is 0 Å². The highest BCUT2D eigenvalue weighted by Crippen LogP contribution is 2.29. The Morgan fingerprint density at radius 2 is 1.76 bits per heavy atom. The highest BCUT2D eigenvalue weighted by Gasteiger charge is 2.19. The van der Waals surface area contributed by atoms with Crippen LogP contribution in [0.15, 0.2) is 76.5 Å². The first-order chi connectivity index (χ1) is 16.5. The zero-order valence-electron chi connectivity index (χ0n) is 18.9. The molecule has 0 aliphatic rings. The average Bonchev–Trinajstić information content (AvgIpc) is 3.52. The van der Waals surface area contributed by atoms with Crippen molar-refractivity contribution in [2.24, 2.45) is 0 Å². The van der Waals surface area contributed by atoms with Crippen molar-refractivity contribution >= 4 is 34.0 Å². The molecule has 2 heterocycles. The van der Waals surface area contributed by atoms with Crippen molar-refractivity contribution in [3.63, 3.8) is 0 Å². The van der Waals surface area contributed by atoms with Crippen LogP contribution < -0.4 is 9.64 Å². The molecule has 4 rings (SSSR count). The van der Waals surface area contributed by atoms with Crippen molar-refractivity contribution in [2.75, 3.05) is 4.90 Å². The number of esters is 1. The molecule has 0 aliphatic carbocycles. The molecule has 8 heteroatoms. The molecule has 34 heavy (non-hydrogen) atoms. The van der Waals surface area contributed by atoms with Crippen LogP contribution in [0.5, 0.6) is 5.75 Å². The molecule has 0 radical (unpaired) electrons. The number of ether oxygens (including phenoxy) is 2. The number of hydrogen-bond acceptors (Lipinski definition) is 7. The van der Waals surface area contributed by atoms with E-state index in [-0.39, 0.29) is 24.9 Å². The van der Waals surface area contributed by atoms with Crippen molar-refractivity contribution in [3.8, 4) is 5.75 Å². The molecule has 1 amide bonds. The van der Waals surface area contributed by atoms with E-state index >= 15 is 0 Å². The summed E-state index contributed by atoms with van der Waals surface area (Å²) < 4.78 is 16.5. The molecule has 0 N–H and O–H groups in total. The normalized spacial score (nSPS) is 10.6. The second kappa shape index (κ2) is 10.8. The van der Waals surface area contributed by atoms with E-state index in [9.17, 15) is 9.59 Å². The summed E-state index contributed by atoms with van der Waals surface area (Å²) in [4.78, 5) is 30.7. The Balaban J connectivity index is 1.35. The van der Waals surface area contributed by atoms with Crippen LogP contribution in [0.2, 0.25) is 0 Å². The van der Waals surface area contributed by atoms with Gasteiger partial charge in [-0.25, -0.2) is 9.78 Å². The Morgan fingerprint density at radius 1 is 1.00 bits per heavy atom. The van der Waals surface area contributed by atoms with Gasteiger partial charge in [0.2, 0.25) is 11.7 Å². The minimum Gasteiger partial charge on any atom is -0.486 e. The smallest absolute Gasteiger partial charge is 0.374 e. The van der Waals surface area contributed by atoms with Gasteiger partial charge in [-0.15, -0.1) is 11.3 Å². The Hall–Kier alpha value is -3.91. The number of anilines is 2. The lowest BCUT2D eigenvalue weighted by atomic mass is 10.1. The van der Waals surface area contributed by atoms with E-state index in [4.69, 9.17) is 13.9 Å². The Labute approximate surface area is 201 Å². The number of hydrogen-bond donors (Lipinski definition) is 0. The lowest BCUT2D eigenvalue weighted by molar-refractivity contribution is -0.115. The van der Waals surface area contributed by atoms with Crippen LogP contribution in [0.1, 0.15) is 41.4 Å². The molecule has 0 saturated carbocycles. The summed E-state index contributed by atoms with van der Waals surface area (Å²) in [5, 5.41) is 2.28. The Kier molecular flexibility index (Phi) is 7.39. The van der Waals surface area contributed by atoms with Gasteiger partial charge in [0.25, 0.3) is 0 Å². The number of nitrogens with zero attached hydrogens (tertiary/aromatic N) is 2. The summed E-state index contributed by atoms with van der Waals surface area (Å²) in [5.41, 5.74) is 2.47. The molecule has 0 spiro atoms. The summed E-state index contributed by atoms with van der Waals surface area (Å²) in [6.45, 7) is 3.73. The minimum atomic E-state index is -0.598. The number of amides is 1. The Bertz CT molecular complexity index is 1250. The monoisotopic (exact) mass is 476 g/mol. The molecule has 4 aromatic rings. The molecule has 0 aliphatic heterocycles. The fraction of sp³-hybridized carbons (Fsp3) is 0.192. The summed E-state index contributed by atoms with van der Waals surface area (Å²) in [5.74, 6) is 0.562. The third kappa shape index (κ3) is 5.71. The number of benzene rings is 2. The van der Waals surface area contributed by atoms with Crippen LogP contribution in [0.4, 0.5) is 10.8 Å². The van der Waals surface area contributed by atoms with Gasteiger partial charge in [-0.05, 0) is 48.4 Å². The molecule has 2 aromatic heterocycles. The van der Waals surface area contributed by atoms with Gasteiger partial charge in [-0.3, -0.25) is 9.69 Å². The molecule has 0 bridgehead atoms. The van der Waals surface area contributed by atoms with E-state index in [0.717, 1.165) is 12.1 Å². The second-order valence-electron chi connectivity index (χ2n) is 7.44. The summed E-state index contributed by atoms with van der Waals surface area (Å²) in [6.07, 6.45) is 0.921. The number of aromatic nitrogens is 1. The molecule has 0 fully saturated rings. The number of aryl methyl sites for hydroxylation is 1. The fourth-order valence-electron chi connectivity index (χ4n) is 3.22. The zero-order chi connectivity index (χ0) is 23.9. The van der Waals surface area contributed by atoms with Crippen LogP contribution in [0.3, 0.4) is 0 Å². The van der Waals surface area contributed by atoms with Crippen molar-refractivity contribution in [3.05, 3.63) is 94.9 Å².